The first-order chi connectivity index (χ1) is 10.8. The largest absolute Gasteiger partial charge is 0.352 e. The van der Waals surface area contributed by atoms with Crippen molar-refractivity contribution < 1.29 is 14.3 Å². The molecule has 1 unspecified atom stereocenters. The second-order valence-corrected chi connectivity index (χ2v) is 4.59. The lowest BCUT2D eigenvalue weighted by Crippen LogP contribution is -2.32. The summed E-state index contributed by atoms with van der Waals surface area (Å²) in [6, 6.07) is 10.7. The first kappa shape index (κ1) is 16.3. The van der Waals surface area contributed by atoms with Gasteiger partial charge in [-0.3, -0.25) is 14.8 Å². The smallest absolute Gasteiger partial charge is 0.195 e. The molecule has 0 spiro atoms. The number of hydrogen-bond acceptors (Lipinski definition) is 5. The molecule has 0 aromatic carbocycles. The van der Waals surface area contributed by atoms with Crippen LogP contribution in [0.2, 0.25) is 0 Å². The molecule has 0 amide bonds. The Kier molecular flexibility index (Phi) is 6.18. The molecule has 0 saturated carbocycles. The highest BCUT2D eigenvalue weighted by molar-refractivity contribution is 5.99. The summed E-state index contributed by atoms with van der Waals surface area (Å²) in [5.41, 5.74) is 0.993. The highest BCUT2D eigenvalue weighted by atomic mass is 16.7. The standard InChI is InChI=1S/C17H20N2O3/c1-3-21-17(22-4-2)15(13-9-5-7-11-18-13)16(20)14-10-6-8-12-19-14/h5-12,15,17H,3-4H2,1-2H3. The van der Waals surface area contributed by atoms with Gasteiger partial charge in [0.15, 0.2) is 12.1 Å². The van der Waals surface area contributed by atoms with E-state index in [0.717, 1.165) is 0 Å². The molecule has 5 nitrogen and oxygen atoms in total. The zero-order valence-corrected chi connectivity index (χ0v) is 12.8. The van der Waals surface area contributed by atoms with Crippen molar-refractivity contribution in [3.05, 3.63) is 60.2 Å². The van der Waals surface area contributed by atoms with Crippen molar-refractivity contribution in [3.63, 3.8) is 0 Å². The van der Waals surface area contributed by atoms with Crippen molar-refractivity contribution in [1.29, 1.82) is 0 Å². The first-order valence-electron chi connectivity index (χ1n) is 7.37. The van der Waals surface area contributed by atoms with Crippen molar-refractivity contribution in [1.82, 2.24) is 9.97 Å². The Balaban J connectivity index is 2.38. The van der Waals surface area contributed by atoms with Crippen LogP contribution in [-0.4, -0.2) is 35.3 Å². The molecule has 2 aromatic rings. The number of aromatic nitrogens is 2. The van der Waals surface area contributed by atoms with Crippen LogP contribution in [0.15, 0.2) is 48.8 Å². The van der Waals surface area contributed by atoms with Crippen molar-refractivity contribution in [3.8, 4) is 0 Å². The number of carbonyl (C=O) groups is 1. The van der Waals surface area contributed by atoms with Gasteiger partial charge in [-0.15, -0.1) is 0 Å². The van der Waals surface area contributed by atoms with Gasteiger partial charge in [0.2, 0.25) is 0 Å². The molecule has 0 N–H and O–H groups in total. The van der Waals surface area contributed by atoms with Gasteiger partial charge in [0.25, 0.3) is 0 Å². The van der Waals surface area contributed by atoms with Gasteiger partial charge in [-0.05, 0) is 38.1 Å². The van der Waals surface area contributed by atoms with Crippen LogP contribution in [0.5, 0.6) is 0 Å². The zero-order valence-electron chi connectivity index (χ0n) is 12.8. The number of rotatable bonds is 8. The third kappa shape index (κ3) is 3.96. The van der Waals surface area contributed by atoms with Crippen molar-refractivity contribution >= 4 is 5.78 Å². The Morgan fingerprint density at radius 3 is 2.14 bits per heavy atom. The SMILES string of the molecule is CCOC(OCC)C(C(=O)c1ccccn1)c1ccccn1. The molecule has 0 saturated heterocycles. The molecule has 1 atom stereocenters. The lowest BCUT2D eigenvalue weighted by Gasteiger charge is -2.25. The first-order valence-corrected chi connectivity index (χ1v) is 7.37. The van der Waals surface area contributed by atoms with Gasteiger partial charge in [-0.1, -0.05) is 12.1 Å². The molecule has 0 bridgehead atoms. The van der Waals surface area contributed by atoms with E-state index in [1.54, 1.807) is 36.7 Å². The van der Waals surface area contributed by atoms with E-state index in [4.69, 9.17) is 9.47 Å². The summed E-state index contributed by atoms with van der Waals surface area (Å²) in [4.78, 5) is 21.3. The molecule has 0 fully saturated rings. The van der Waals surface area contributed by atoms with Gasteiger partial charge in [0.1, 0.15) is 11.6 Å². The van der Waals surface area contributed by atoms with Crippen LogP contribution in [0.1, 0.15) is 35.9 Å². The quantitative estimate of drug-likeness (QED) is 0.554. The van der Waals surface area contributed by atoms with E-state index < -0.39 is 12.2 Å². The van der Waals surface area contributed by atoms with E-state index in [-0.39, 0.29) is 5.78 Å². The average molecular weight is 300 g/mol. The lowest BCUT2D eigenvalue weighted by atomic mass is 9.96. The van der Waals surface area contributed by atoms with Crippen LogP contribution in [-0.2, 0) is 9.47 Å². The fourth-order valence-electron chi connectivity index (χ4n) is 2.19. The third-order valence-electron chi connectivity index (χ3n) is 3.14. The summed E-state index contributed by atoms with van der Waals surface area (Å²) in [6.07, 6.45) is 2.57. The molecule has 22 heavy (non-hydrogen) atoms. The van der Waals surface area contributed by atoms with Gasteiger partial charge in [-0.25, -0.2) is 0 Å². The molecule has 2 aromatic heterocycles. The van der Waals surface area contributed by atoms with Gasteiger partial charge < -0.3 is 9.47 Å². The van der Waals surface area contributed by atoms with Gasteiger partial charge in [-0.2, -0.15) is 0 Å². The van der Waals surface area contributed by atoms with Crippen molar-refractivity contribution in [2.45, 2.75) is 26.1 Å². The van der Waals surface area contributed by atoms with E-state index in [1.165, 1.54) is 0 Å². The predicted octanol–water partition coefficient (Wildman–Crippen LogP) is 2.84. The Bertz CT molecular complexity index is 569. The van der Waals surface area contributed by atoms with Crippen LogP contribution in [0, 0.1) is 0 Å². The Morgan fingerprint density at radius 2 is 1.64 bits per heavy atom. The monoisotopic (exact) mass is 300 g/mol. The van der Waals surface area contributed by atoms with Gasteiger partial charge in [0.05, 0.1) is 5.69 Å². The Hall–Kier alpha value is -2.11. The Morgan fingerprint density at radius 1 is 1.00 bits per heavy atom. The molecule has 0 aliphatic rings. The highest BCUT2D eigenvalue weighted by Gasteiger charge is 2.33. The number of carbonyl (C=O) groups excluding carboxylic acids is 1. The highest BCUT2D eigenvalue weighted by Crippen LogP contribution is 2.25. The van der Waals surface area contributed by atoms with Crippen LogP contribution in [0.25, 0.3) is 0 Å². The molecule has 2 heterocycles. The fraction of sp³-hybridized carbons (Fsp3) is 0.353. The maximum Gasteiger partial charge on any atom is 0.195 e. The molecule has 5 heteroatoms. The predicted molar refractivity (Wildman–Crippen MR) is 82.6 cm³/mol. The summed E-state index contributed by atoms with van der Waals surface area (Å²) >= 11 is 0. The zero-order chi connectivity index (χ0) is 15.8. The van der Waals surface area contributed by atoms with Gasteiger partial charge >= 0.3 is 0 Å². The summed E-state index contributed by atoms with van der Waals surface area (Å²) in [7, 11) is 0. The number of hydrogen-bond donors (Lipinski definition) is 0. The maximum absolute atomic E-state index is 12.9. The number of ether oxygens (including phenoxy) is 2. The molecule has 0 aliphatic carbocycles. The van der Waals surface area contributed by atoms with E-state index in [0.29, 0.717) is 24.6 Å². The second kappa shape index (κ2) is 8.36. The maximum atomic E-state index is 12.9. The van der Waals surface area contributed by atoms with Crippen LogP contribution in [0.4, 0.5) is 0 Å². The number of pyridine rings is 2. The van der Waals surface area contributed by atoms with Crippen molar-refractivity contribution in [2.24, 2.45) is 0 Å². The minimum Gasteiger partial charge on any atom is -0.352 e. The van der Waals surface area contributed by atoms with E-state index >= 15 is 0 Å². The summed E-state index contributed by atoms with van der Waals surface area (Å²) < 4.78 is 11.3. The normalized spacial score (nSPS) is 12.3. The molecular formula is C17H20N2O3. The topological polar surface area (TPSA) is 61.3 Å². The molecule has 0 radical (unpaired) electrons. The number of Topliss-reactive ketones (excluding diaryl/α,β-unsaturated/α-hetero) is 1. The van der Waals surface area contributed by atoms with Gasteiger partial charge in [0, 0.05) is 25.6 Å². The Labute approximate surface area is 130 Å². The number of ketones is 1. The lowest BCUT2D eigenvalue weighted by molar-refractivity contribution is -0.143. The summed E-state index contributed by atoms with van der Waals surface area (Å²) in [6.45, 7) is 4.63. The second-order valence-electron chi connectivity index (χ2n) is 4.59. The number of nitrogens with zero attached hydrogens (tertiary/aromatic N) is 2. The molecule has 2 rings (SSSR count). The van der Waals surface area contributed by atoms with Crippen LogP contribution < -0.4 is 0 Å². The van der Waals surface area contributed by atoms with Crippen LogP contribution >= 0.6 is 0 Å². The average Bonchev–Trinajstić information content (AvgIpc) is 2.57. The van der Waals surface area contributed by atoms with E-state index in [9.17, 15) is 4.79 Å². The molecule has 0 aliphatic heterocycles. The van der Waals surface area contributed by atoms with Crippen LogP contribution in [0.3, 0.4) is 0 Å². The third-order valence-corrected chi connectivity index (χ3v) is 3.14. The fourth-order valence-corrected chi connectivity index (χ4v) is 2.19. The molecule has 116 valence electrons. The molecular weight excluding hydrogens is 280 g/mol. The van der Waals surface area contributed by atoms with Crippen molar-refractivity contribution in [2.75, 3.05) is 13.2 Å². The summed E-state index contributed by atoms with van der Waals surface area (Å²) in [5.74, 6) is -0.804. The minimum absolute atomic E-state index is 0.161. The summed E-state index contributed by atoms with van der Waals surface area (Å²) in [5, 5.41) is 0. The van der Waals surface area contributed by atoms with E-state index in [1.807, 2.05) is 26.0 Å². The minimum atomic E-state index is -0.681. The van der Waals surface area contributed by atoms with E-state index in [2.05, 4.69) is 9.97 Å².